The fraction of sp³-hybridized carbons (Fsp3) is 0.700. The smallest absolute Gasteiger partial charge is 0.145 e. The predicted molar refractivity (Wildman–Crippen MR) is 45.9 cm³/mol. The summed E-state index contributed by atoms with van der Waals surface area (Å²) in [5, 5.41) is 18.9. The molecule has 0 aromatic heterocycles. The van der Waals surface area contributed by atoms with Gasteiger partial charge in [0.05, 0.1) is 11.5 Å². The molecule has 0 aromatic carbocycles. The van der Waals surface area contributed by atoms with Gasteiger partial charge in [-0.3, -0.25) is 0 Å². The molecular formula is C10H13NO. The maximum absolute atomic E-state index is 10.0. The standard InChI is InChI=1S/C10H13NO/c1-4-10(12,8(2)3)9(7-11)5-6-9/h1,8,12H,5-6H2,2-3H3/t10-/m0/s1. The van der Waals surface area contributed by atoms with Crippen molar-refractivity contribution >= 4 is 0 Å². The largest absolute Gasteiger partial charge is 0.376 e. The van der Waals surface area contributed by atoms with E-state index in [0.29, 0.717) is 0 Å². The van der Waals surface area contributed by atoms with Gasteiger partial charge in [0.2, 0.25) is 0 Å². The highest BCUT2D eigenvalue weighted by molar-refractivity contribution is 5.30. The molecule has 1 N–H and O–H groups in total. The van der Waals surface area contributed by atoms with Gasteiger partial charge in [-0.05, 0) is 18.8 Å². The molecule has 12 heavy (non-hydrogen) atoms. The Kier molecular flexibility index (Phi) is 1.90. The topological polar surface area (TPSA) is 44.0 Å². The van der Waals surface area contributed by atoms with Gasteiger partial charge in [0, 0.05) is 0 Å². The van der Waals surface area contributed by atoms with Crippen LogP contribution >= 0.6 is 0 Å². The highest BCUT2D eigenvalue weighted by Gasteiger charge is 2.60. The second-order valence-corrected chi connectivity index (χ2v) is 3.76. The molecule has 0 spiro atoms. The van der Waals surface area contributed by atoms with Crippen molar-refractivity contribution < 1.29 is 5.11 Å². The minimum Gasteiger partial charge on any atom is -0.376 e. The van der Waals surface area contributed by atoms with Crippen LogP contribution in [0.1, 0.15) is 26.7 Å². The van der Waals surface area contributed by atoms with Gasteiger partial charge >= 0.3 is 0 Å². The summed E-state index contributed by atoms with van der Waals surface area (Å²) < 4.78 is 0. The third kappa shape index (κ3) is 0.924. The van der Waals surface area contributed by atoms with Crippen LogP contribution in [0.2, 0.25) is 0 Å². The maximum Gasteiger partial charge on any atom is 0.145 e. The zero-order chi connectivity index (χ0) is 9.41. The van der Waals surface area contributed by atoms with Crippen LogP contribution in [-0.2, 0) is 0 Å². The van der Waals surface area contributed by atoms with E-state index in [2.05, 4.69) is 12.0 Å². The lowest BCUT2D eigenvalue weighted by atomic mass is 9.77. The van der Waals surface area contributed by atoms with Crippen LogP contribution < -0.4 is 0 Å². The van der Waals surface area contributed by atoms with E-state index in [4.69, 9.17) is 11.7 Å². The SMILES string of the molecule is C#C[C@](O)(C(C)C)C1(C#N)CC1. The van der Waals surface area contributed by atoms with Crippen molar-refractivity contribution in [1.82, 2.24) is 0 Å². The summed E-state index contributed by atoms with van der Waals surface area (Å²) in [7, 11) is 0. The van der Waals surface area contributed by atoms with E-state index in [9.17, 15) is 5.11 Å². The van der Waals surface area contributed by atoms with Gasteiger partial charge in [0.15, 0.2) is 0 Å². The number of terminal acetylenes is 1. The second kappa shape index (κ2) is 2.51. The summed E-state index contributed by atoms with van der Waals surface area (Å²) in [6.07, 6.45) is 6.71. The molecule has 0 heterocycles. The van der Waals surface area contributed by atoms with E-state index in [-0.39, 0.29) is 5.92 Å². The lowest BCUT2D eigenvalue weighted by molar-refractivity contribution is 0.00491. The van der Waals surface area contributed by atoms with Crippen LogP contribution in [0.15, 0.2) is 0 Å². The van der Waals surface area contributed by atoms with E-state index >= 15 is 0 Å². The number of nitrogens with zero attached hydrogens (tertiary/aromatic N) is 1. The van der Waals surface area contributed by atoms with Gasteiger partial charge < -0.3 is 5.11 Å². The van der Waals surface area contributed by atoms with Crippen molar-refractivity contribution in [1.29, 1.82) is 5.26 Å². The minimum absolute atomic E-state index is 0.0651. The van der Waals surface area contributed by atoms with Gasteiger partial charge in [0.1, 0.15) is 5.60 Å². The fourth-order valence-corrected chi connectivity index (χ4v) is 1.56. The first-order chi connectivity index (χ1) is 5.52. The Balaban J connectivity index is 2.99. The number of rotatable bonds is 2. The molecular weight excluding hydrogens is 150 g/mol. The highest BCUT2D eigenvalue weighted by atomic mass is 16.3. The molecule has 0 radical (unpaired) electrons. The Hall–Kier alpha value is -0.990. The normalized spacial score (nSPS) is 23.8. The molecule has 1 aliphatic carbocycles. The predicted octanol–water partition coefficient (Wildman–Crippen LogP) is 1.31. The summed E-state index contributed by atoms with van der Waals surface area (Å²) >= 11 is 0. The van der Waals surface area contributed by atoms with E-state index in [0.717, 1.165) is 12.8 Å². The number of nitriles is 1. The first-order valence-corrected chi connectivity index (χ1v) is 4.14. The molecule has 64 valence electrons. The Labute approximate surface area is 73.2 Å². The molecule has 1 rings (SSSR count). The van der Waals surface area contributed by atoms with Gasteiger partial charge in [-0.25, -0.2) is 0 Å². The zero-order valence-corrected chi connectivity index (χ0v) is 7.46. The molecule has 1 atom stereocenters. The van der Waals surface area contributed by atoms with Crippen LogP contribution in [0.3, 0.4) is 0 Å². The molecule has 2 heteroatoms. The molecule has 0 aromatic rings. The minimum atomic E-state index is -1.23. The quantitative estimate of drug-likeness (QED) is 0.624. The summed E-state index contributed by atoms with van der Waals surface area (Å²) in [6, 6.07) is 2.13. The third-order valence-electron chi connectivity index (χ3n) is 2.75. The second-order valence-electron chi connectivity index (χ2n) is 3.76. The molecule has 1 fully saturated rings. The first kappa shape index (κ1) is 9.10. The molecule has 0 unspecified atom stereocenters. The van der Waals surface area contributed by atoms with Crippen molar-refractivity contribution in [2.75, 3.05) is 0 Å². The van der Waals surface area contributed by atoms with Crippen LogP contribution in [0.5, 0.6) is 0 Å². The Morgan fingerprint density at radius 2 is 2.08 bits per heavy atom. The van der Waals surface area contributed by atoms with Gasteiger partial charge in [-0.1, -0.05) is 19.8 Å². The number of hydrogen-bond acceptors (Lipinski definition) is 2. The fourth-order valence-electron chi connectivity index (χ4n) is 1.56. The molecule has 0 aliphatic heterocycles. The Bertz CT molecular complexity index is 265. The van der Waals surface area contributed by atoms with Crippen molar-refractivity contribution in [3.8, 4) is 18.4 Å². The summed E-state index contributed by atoms with van der Waals surface area (Å²) in [6.45, 7) is 3.69. The van der Waals surface area contributed by atoms with E-state index in [1.54, 1.807) is 0 Å². The Morgan fingerprint density at radius 1 is 1.58 bits per heavy atom. The molecule has 0 amide bonds. The van der Waals surface area contributed by atoms with Crippen LogP contribution in [0.4, 0.5) is 0 Å². The maximum atomic E-state index is 10.0. The van der Waals surface area contributed by atoms with Crippen LogP contribution in [0.25, 0.3) is 0 Å². The average Bonchev–Trinajstić information content (AvgIpc) is 2.83. The van der Waals surface area contributed by atoms with E-state index in [1.807, 2.05) is 13.8 Å². The molecule has 1 aliphatic rings. The summed E-state index contributed by atoms with van der Waals surface area (Å²) in [5.74, 6) is 2.30. The van der Waals surface area contributed by atoms with Gasteiger partial charge in [-0.2, -0.15) is 5.26 Å². The van der Waals surface area contributed by atoms with Crippen LogP contribution in [0, 0.1) is 35.0 Å². The van der Waals surface area contributed by atoms with Gasteiger partial charge in [-0.15, -0.1) is 6.42 Å². The van der Waals surface area contributed by atoms with Crippen molar-refractivity contribution in [3.63, 3.8) is 0 Å². The number of aliphatic hydroxyl groups is 1. The average molecular weight is 163 g/mol. The first-order valence-electron chi connectivity index (χ1n) is 4.14. The molecule has 0 saturated heterocycles. The molecule has 1 saturated carbocycles. The van der Waals surface area contributed by atoms with Crippen molar-refractivity contribution in [2.24, 2.45) is 11.3 Å². The Morgan fingerprint density at radius 3 is 2.17 bits per heavy atom. The van der Waals surface area contributed by atoms with Crippen LogP contribution in [-0.4, -0.2) is 10.7 Å². The van der Waals surface area contributed by atoms with Crippen molar-refractivity contribution in [2.45, 2.75) is 32.3 Å². The van der Waals surface area contributed by atoms with E-state index in [1.165, 1.54) is 0 Å². The third-order valence-corrected chi connectivity index (χ3v) is 2.75. The lowest BCUT2D eigenvalue weighted by Crippen LogP contribution is -2.42. The van der Waals surface area contributed by atoms with Crippen molar-refractivity contribution in [3.05, 3.63) is 0 Å². The van der Waals surface area contributed by atoms with E-state index < -0.39 is 11.0 Å². The molecule has 2 nitrogen and oxygen atoms in total. The highest BCUT2D eigenvalue weighted by Crippen LogP contribution is 2.55. The summed E-state index contributed by atoms with van der Waals surface area (Å²) in [5.41, 5.74) is -1.89. The summed E-state index contributed by atoms with van der Waals surface area (Å²) in [4.78, 5) is 0. The zero-order valence-electron chi connectivity index (χ0n) is 7.46. The monoisotopic (exact) mass is 163 g/mol. The van der Waals surface area contributed by atoms with Gasteiger partial charge in [0.25, 0.3) is 0 Å². The number of hydrogen-bond donors (Lipinski definition) is 1. The molecule has 0 bridgehead atoms. The lowest BCUT2D eigenvalue weighted by Gasteiger charge is -2.30.